The number of hydrogen-bond donors (Lipinski definition) is 2. The zero-order valence-corrected chi connectivity index (χ0v) is 16.9. The highest BCUT2D eigenvalue weighted by molar-refractivity contribution is 5.95. The van der Waals surface area contributed by atoms with Crippen molar-refractivity contribution in [2.24, 2.45) is 11.7 Å². The molecule has 1 aliphatic rings. The lowest BCUT2D eigenvalue weighted by Crippen LogP contribution is -2.45. The fraction of sp³-hybridized carbons (Fsp3) is 0.647. The van der Waals surface area contributed by atoms with Crippen LogP contribution in [0.3, 0.4) is 0 Å². The molecule has 1 atom stereocenters. The van der Waals surface area contributed by atoms with Crippen molar-refractivity contribution in [2.45, 2.75) is 26.3 Å². The van der Waals surface area contributed by atoms with Crippen LogP contribution in [0.4, 0.5) is 5.82 Å². The molecular formula is C17H31Cl2N5O. The number of hydrogen-bond acceptors (Lipinski definition) is 5. The number of nitrogens with zero attached hydrogens (tertiary/aromatic N) is 3. The normalized spacial score (nSPS) is 16.0. The number of piperazine rings is 1. The Labute approximate surface area is 163 Å². The summed E-state index contributed by atoms with van der Waals surface area (Å²) in [5, 5.41) is 3.03. The van der Waals surface area contributed by atoms with Crippen LogP contribution >= 0.6 is 24.8 Å². The summed E-state index contributed by atoms with van der Waals surface area (Å²) < 4.78 is 0. The third-order valence-electron chi connectivity index (χ3n) is 4.21. The first-order valence-corrected chi connectivity index (χ1v) is 8.40. The minimum absolute atomic E-state index is 0. The summed E-state index contributed by atoms with van der Waals surface area (Å²) in [5.41, 5.74) is 6.42. The van der Waals surface area contributed by atoms with Gasteiger partial charge in [-0.3, -0.25) is 4.79 Å². The maximum atomic E-state index is 12.5. The number of amides is 1. The number of carbonyl (C=O) groups excluding carboxylic acids is 1. The Hall–Kier alpha value is -1.08. The van der Waals surface area contributed by atoms with Crippen molar-refractivity contribution in [2.75, 3.05) is 44.7 Å². The molecular weight excluding hydrogens is 361 g/mol. The van der Waals surface area contributed by atoms with Crippen LogP contribution in [0.1, 0.15) is 30.6 Å². The third kappa shape index (κ3) is 7.36. The van der Waals surface area contributed by atoms with Gasteiger partial charge in [0, 0.05) is 50.5 Å². The van der Waals surface area contributed by atoms with E-state index in [0.717, 1.165) is 38.4 Å². The smallest absolute Gasteiger partial charge is 0.251 e. The van der Waals surface area contributed by atoms with E-state index >= 15 is 0 Å². The van der Waals surface area contributed by atoms with Crippen molar-refractivity contribution >= 4 is 36.5 Å². The number of likely N-dealkylation sites (N-methyl/N-ethyl adjacent to an activating group) is 1. The number of anilines is 1. The van der Waals surface area contributed by atoms with Crippen LogP contribution in [0.5, 0.6) is 0 Å². The van der Waals surface area contributed by atoms with Gasteiger partial charge in [-0.05, 0) is 31.5 Å². The summed E-state index contributed by atoms with van der Waals surface area (Å²) in [6.07, 6.45) is 2.60. The maximum Gasteiger partial charge on any atom is 0.251 e. The molecule has 1 fully saturated rings. The summed E-state index contributed by atoms with van der Waals surface area (Å²) in [6, 6.07) is 3.66. The average molecular weight is 392 g/mol. The number of nitrogens with two attached hydrogens (primary N) is 1. The fourth-order valence-electron chi connectivity index (χ4n) is 2.82. The molecule has 6 nitrogen and oxygen atoms in total. The molecule has 0 bridgehead atoms. The second kappa shape index (κ2) is 11.5. The van der Waals surface area contributed by atoms with E-state index in [1.165, 1.54) is 0 Å². The molecule has 0 aromatic carbocycles. The first-order valence-electron chi connectivity index (χ1n) is 8.40. The highest BCUT2D eigenvalue weighted by atomic mass is 35.5. The summed E-state index contributed by atoms with van der Waals surface area (Å²) in [7, 11) is 2.12. The van der Waals surface area contributed by atoms with Crippen LogP contribution in [0.2, 0.25) is 0 Å². The zero-order valence-electron chi connectivity index (χ0n) is 15.3. The lowest BCUT2D eigenvalue weighted by atomic mass is 10.0. The van der Waals surface area contributed by atoms with Gasteiger partial charge in [-0.1, -0.05) is 13.8 Å². The van der Waals surface area contributed by atoms with Crippen molar-refractivity contribution in [3.05, 3.63) is 23.9 Å². The molecule has 1 aromatic heterocycles. The van der Waals surface area contributed by atoms with Gasteiger partial charge in [-0.2, -0.15) is 0 Å². The minimum atomic E-state index is -0.0705. The Kier molecular flexibility index (Phi) is 11.0. The van der Waals surface area contributed by atoms with Gasteiger partial charge < -0.3 is 20.9 Å². The molecule has 0 spiro atoms. The largest absolute Gasteiger partial charge is 0.354 e. The molecule has 1 saturated heterocycles. The van der Waals surface area contributed by atoms with Crippen LogP contribution in [0, 0.1) is 5.92 Å². The molecule has 25 heavy (non-hydrogen) atoms. The van der Waals surface area contributed by atoms with Gasteiger partial charge in [0.05, 0.1) is 0 Å². The van der Waals surface area contributed by atoms with Gasteiger partial charge in [0.15, 0.2) is 0 Å². The van der Waals surface area contributed by atoms with E-state index in [1.807, 2.05) is 6.07 Å². The number of pyridine rings is 1. The molecule has 0 radical (unpaired) electrons. The number of rotatable bonds is 6. The van der Waals surface area contributed by atoms with Gasteiger partial charge in [-0.15, -0.1) is 24.8 Å². The Balaban J connectivity index is 0.00000288. The van der Waals surface area contributed by atoms with Crippen molar-refractivity contribution < 1.29 is 4.79 Å². The zero-order chi connectivity index (χ0) is 16.8. The van der Waals surface area contributed by atoms with Gasteiger partial charge in [0.2, 0.25) is 0 Å². The number of carbonyl (C=O) groups is 1. The van der Waals surface area contributed by atoms with Gasteiger partial charge in [0.25, 0.3) is 5.91 Å². The molecule has 1 aliphatic heterocycles. The second-order valence-electron chi connectivity index (χ2n) is 6.73. The molecule has 8 heteroatoms. The topological polar surface area (TPSA) is 74.5 Å². The molecule has 1 unspecified atom stereocenters. The standard InChI is InChI=1S/C17H29N5O.2ClH/c1-13(2)10-15(12-18)20-17(23)14-4-5-19-16(11-14)22-8-6-21(3)7-9-22;;/h4-5,11,13,15H,6-10,12,18H2,1-3H3,(H,20,23);2*1H. The van der Waals surface area contributed by atoms with E-state index < -0.39 is 0 Å². The quantitative estimate of drug-likeness (QED) is 0.772. The van der Waals surface area contributed by atoms with Crippen LogP contribution in [-0.4, -0.2) is 61.6 Å². The summed E-state index contributed by atoms with van der Waals surface area (Å²) in [5.74, 6) is 1.31. The molecule has 2 rings (SSSR count). The summed E-state index contributed by atoms with van der Waals surface area (Å²) in [4.78, 5) is 21.4. The van der Waals surface area contributed by atoms with Crippen molar-refractivity contribution in [1.82, 2.24) is 15.2 Å². The van der Waals surface area contributed by atoms with E-state index in [-0.39, 0.29) is 36.8 Å². The second-order valence-corrected chi connectivity index (χ2v) is 6.73. The lowest BCUT2D eigenvalue weighted by Gasteiger charge is -2.33. The van der Waals surface area contributed by atoms with Gasteiger partial charge in [0.1, 0.15) is 5.82 Å². The molecule has 1 amide bonds. The highest BCUT2D eigenvalue weighted by Crippen LogP contribution is 2.15. The molecule has 3 N–H and O–H groups in total. The van der Waals surface area contributed by atoms with Crippen LogP contribution < -0.4 is 16.0 Å². The minimum Gasteiger partial charge on any atom is -0.354 e. The summed E-state index contributed by atoms with van der Waals surface area (Å²) >= 11 is 0. The van der Waals surface area contributed by atoms with Crippen LogP contribution in [-0.2, 0) is 0 Å². The Morgan fingerprint density at radius 2 is 1.92 bits per heavy atom. The van der Waals surface area contributed by atoms with E-state index in [4.69, 9.17) is 5.73 Å². The first kappa shape index (κ1) is 23.9. The monoisotopic (exact) mass is 391 g/mol. The molecule has 2 heterocycles. The van der Waals surface area contributed by atoms with E-state index in [0.29, 0.717) is 18.0 Å². The lowest BCUT2D eigenvalue weighted by molar-refractivity contribution is 0.0933. The van der Waals surface area contributed by atoms with Crippen molar-refractivity contribution in [3.63, 3.8) is 0 Å². The van der Waals surface area contributed by atoms with Crippen LogP contribution in [0.15, 0.2) is 18.3 Å². The molecule has 0 saturated carbocycles. The van der Waals surface area contributed by atoms with Crippen LogP contribution in [0.25, 0.3) is 0 Å². The van der Waals surface area contributed by atoms with Gasteiger partial charge in [-0.25, -0.2) is 4.98 Å². The molecule has 0 aliphatic carbocycles. The summed E-state index contributed by atoms with van der Waals surface area (Å²) in [6.45, 7) is 8.63. The van der Waals surface area contributed by atoms with Crippen molar-refractivity contribution in [1.29, 1.82) is 0 Å². The van der Waals surface area contributed by atoms with E-state index in [2.05, 4.69) is 41.0 Å². The predicted octanol–water partition coefficient (Wildman–Crippen LogP) is 1.78. The number of halogens is 2. The average Bonchev–Trinajstić information content (AvgIpc) is 2.54. The van der Waals surface area contributed by atoms with Gasteiger partial charge >= 0.3 is 0 Å². The number of nitrogens with one attached hydrogen (secondary N) is 1. The SMILES string of the molecule is CC(C)CC(CN)NC(=O)c1ccnc(N2CCN(C)CC2)c1.Cl.Cl. The van der Waals surface area contributed by atoms with E-state index in [9.17, 15) is 4.79 Å². The maximum absolute atomic E-state index is 12.5. The Bertz CT molecular complexity index is 522. The van der Waals surface area contributed by atoms with Crippen molar-refractivity contribution in [3.8, 4) is 0 Å². The first-order chi connectivity index (χ1) is 11.0. The molecule has 1 aromatic rings. The molecule has 144 valence electrons. The highest BCUT2D eigenvalue weighted by Gasteiger charge is 2.18. The Morgan fingerprint density at radius 1 is 1.28 bits per heavy atom. The fourth-order valence-corrected chi connectivity index (χ4v) is 2.82. The Morgan fingerprint density at radius 3 is 2.48 bits per heavy atom. The third-order valence-corrected chi connectivity index (χ3v) is 4.21. The predicted molar refractivity (Wildman–Crippen MR) is 108 cm³/mol. The van der Waals surface area contributed by atoms with E-state index in [1.54, 1.807) is 12.3 Å². The number of aromatic nitrogens is 1.